The third-order valence-corrected chi connectivity index (χ3v) is 3.27. The highest BCUT2D eigenvalue weighted by Crippen LogP contribution is 2.31. The number of unbranched alkanes of at least 4 members (excludes halogenated alkanes) is 2. The summed E-state index contributed by atoms with van der Waals surface area (Å²) in [4.78, 5) is 21.9. The van der Waals surface area contributed by atoms with Crippen molar-refractivity contribution in [3.63, 3.8) is 0 Å². The molecule has 4 nitrogen and oxygen atoms in total. The van der Waals surface area contributed by atoms with Gasteiger partial charge in [0.2, 0.25) is 0 Å². The lowest BCUT2D eigenvalue weighted by Gasteiger charge is -2.12. The largest absolute Gasteiger partial charge is 0.481 e. The molecule has 1 fully saturated rings. The van der Waals surface area contributed by atoms with Gasteiger partial charge in [-0.3, -0.25) is 9.59 Å². The number of carboxylic acid groups (broad SMARTS) is 1. The van der Waals surface area contributed by atoms with E-state index in [0.29, 0.717) is 6.42 Å². The fourth-order valence-corrected chi connectivity index (χ4v) is 2.25. The second-order valence-electron chi connectivity index (χ2n) is 4.64. The van der Waals surface area contributed by atoms with Gasteiger partial charge in [-0.25, -0.2) is 0 Å². The summed E-state index contributed by atoms with van der Waals surface area (Å²) < 4.78 is 0. The van der Waals surface area contributed by atoms with Crippen LogP contribution >= 0.6 is 0 Å². The van der Waals surface area contributed by atoms with Crippen molar-refractivity contribution in [2.45, 2.75) is 38.2 Å². The zero-order chi connectivity index (χ0) is 13.5. The first-order valence-electron chi connectivity index (χ1n) is 6.28. The minimum atomic E-state index is -0.778. The van der Waals surface area contributed by atoms with Crippen LogP contribution in [0.25, 0.3) is 0 Å². The molecular formula is C14H20O4. The normalized spacial score (nSPS) is 27.8. The highest BCUT2D eigenvalue weighted by Gasteiger charge is 2.37. The molecule has 0 aromatic carbocycles. The van der Waals surface area contributed by atoms with Crippen LogP contribution in [-0.4, -0.2) is 28.1 Å². The molecule has 2 N–H and O–H groups in total. The molecule has 1 rings (SSSR count). The molecule has 0 saturated heterocycles. The highest BCUT2D eigenvalue weighted by molar-refractivity contribution is 5.86. The van der Waals surface area contributed by atoms with E-state index in [2.05, 4.69) is 6.58 Å². The van der Waals surface area contributed by atoms with Gasteiger partial charge in [-0.1, -0.05) is 18.2 Å². The number of carboxylic acids is 1. The van der Waals surface area contributed by atoms with Crippen LogP contribution in [0.15, 0.2) is 24.8 Å². The van der Waals surface area contributed by atoms with Crippen molar-refractivity contribution in [3.05, 3.63) is 24.8 Å². The molecule has 1 aliphatic carbocycles. The van der Waals surface area contributed by atoms with Gasteiger partial charge in [0.1, 0.15) is 5.78 Å². The van der Waals surface area contributed by atoms with Crippen molar-refractivity contribution in [2.24, 2.45) is 11.8 Å². The second kappa shape index (κ2) is 7.11. The van der Waals surface area contributed by atoms with Crippen molar-refractivity contribution in [1.82, 2.24) is 0 Å². The first kappa shape index (κ1) is 14.6. The number of Topliss-reactive ketones (excluding diaryl/α,β-unsaturated/α-hetero) is 1. The second-order valence-corrected chi connectivity index (χ2v) is 4.64. The van der Waals surface area contributed by atoms with Crippen LogP contribution in [0, 0.1) is 11.8 Å². The number of ketones is 1. The van der Waals surface area contributed by atoms with E-state index >= 15 is 0 Å². The first-order valence-corrected chi connectivity index (χ1v) is 6.28. The van der Waals surface area contributed by atoms with E-state index in [0.717, 1.165) is 12.8 Å². The number of hydrogen-bond donors (Lipinski definition) is 2. The first-order chi connectivity index (χ1) is 8.56. The lowest BCUT2D eigenvalue weighted by atomic mass is 9.93. The van der Waals surface area contributed by atoms with E-state index < -0.39 is 12.1 Å². The van der Waals surface area contributed by atoms with Gasteiger partial charge in [-0.2, -0.15) is 0 Å². The average Bonchev–Trinajstić information content (AvgIpc) is 2.57. The Kier molecular flexibility index (Phi) is 5.78. The van der Waals surface area contributed by atoms with Crippen LogP contribution in [0.1, 0.15) is 32.1 Å². The lowest BCUT2D eigenvalue weighted by Crippen LogP contribution is -2.16. The van der Waals surface area contributed by atoms with Crippen LogP contribution in [0.4, 0.5) is 0 Å². The molecule has 0 spiro atoms. The lowest BCUT2D eigenvalue weighted by molar-refractivity contribution is -0.137. The molecule has 0 aromatic heterocycles. The van der Waals surface area contributed by atoms with Crippen LogP contribution in [0.3, 0.4) is 0 Å². The molecule has 0 radical (unpaired) electrons. The van der Waals surface area contributed by atoms with Gasteiger partial charge in [0, 0.05) is 24.7 Å². The molecule has 0 aromatic rings. The van der Waals surface area contributed by atoms with Crippen molar-refractivity contribution < 1.29 is 19.8 Å². The van der Waals surface area contributed by atoms with Crippen LogP contribution < -0.4 is 0 Å². The van der Waals surface area contributed by atoms with Crippen molar-refractivity contribution in [1.29, 1.82) is 0 Å². The Balaban J connectivity index is 2.34. The van der Waals surface area contributed by atoms with Gasteiger partial charge in [0.25, 0.3) is 0 Å². The summed E-state index contributed by atoms with van der Waals surface area (Å²) in [5, 5.41) is 18.1. The Morgan fingerprint density at radius 2 is 2.17 bits per heavy atom. The summed E-state index contributed by atoms with van der Waals surface area (Å²) in [6, 6.07) is 0. The summed E-state index contributed by atoms with van der Waals surface area (Å²) in [7, 11) is 0. The SMILES string of the molecule is C=CC1C(O)CC(=O)C1/C=C/CCCCC(=O)O. The van der Waals surface area contributed by atoms with Crippen LogP contribution in [-0.2, 0) is 9.59 Å². The molecule has 3 unspecified atom stereocenters. The van der Waals surface area contributed by atoms with E-state index in [4.69, 9.17) is 5.11 Å². The van der Waals surface area contributed by atoms with Crippen molar-refractivity contribution in [2.75, 3.05) is 0 Å². The molecule has 0 heterocycles. The molecular weight excluding hydrogens is 232 g/mol. The zero-order valence-corrected chi connectivity index (χ0v) is 10.4. The van der Waals surface area contributed by atoms with Gasteiger partial charge in [0.05, 0.1) is 6.10 Å². The smallest absolute Gasteiger partial charge is 0.303 e. The summed E-state index contributed by atoms with van der Waals surface area (Å²) >= 11 is 0. The average molecular weight is 252 g/mol. The fraction of sp³-hybridized carbons (Fsp3) is 0.571. The number of aliphatic carboxylic acids is 1. The predicted octanol–water partition coefficient (Wildman–Crippen LogP) is 1.94. The van der Waals surface area contributed by atoms with E-state index in [9.17, 15) is 14.7 Å². The van der Waals surface area contributed by atoms with Gasteiger partial charge in [-0.05, 0) is 19.3 Å². The maximum Gasteiger partial charge on any atom is 0.303 e. The molecule has 1 saturated carbocycles. The minimum Gasteiger partial charge on any atom is -0.481 e. The van der Waals surface area contributed by atoms with E-state index in [-0.39, 0.29) is 30.5 Å². The van der Waals surface area contributed by atoms with E-state index in [1.54, 1.807) is 6.08 Å². The standard InChI is InChI=1S/C14H20O4/c1-2-10-11(13(16)9-12(10)15)7-5-3-4-6-8-14(17)18/h2,5,7,10-12,15H,1,3-4,6,8-9H2,(H,17,18)/b7-5+. The van der Waals surface area contributed by atoms with Crippen LogP contribution in [0.2, 0.25) is 0 Å². The number of allylic oxidation sites excluding steroid dienone is 2. The summed E-state index contributed by atoms with van der Waals surface area (Å²) in [6.45, 7) is 3.64. The maximum absolute atomic E-state index is 11.6. The van der Waals surface area contributed by atoms with Gasteiger partial charge < -0.3 is 10.2 Å². The summed E-state index contributed by atoms with van der Waals surface area (Å²) in [5.41, 5.74) is 0. The Bertz CT molecular complexity index is 346. The molecule has 0 aliphatic heterocycles. The van der Waals surface area contributed by atoms with E-state index in [1.807, 2.05) is 12.2 Å². The van der Waals surface area contributed by atoms with Gasteiger partial charge in [0.15, 0.2) is 0 Å². The maximum atomic E-state index is 11.6. The molecule has 4 heteroatoms. The minimum absolute atomic E-state index is 0.0502. The molecule has 0 amide bonds. The Morgan fingerprint density at radius 1 is 1.44 bits per heavy atom. The molecule has 1 aliphatic rings. The fourth-order valence-electron chi connectivity index (χ4n) is 2.25. The predicted molar refractivity (Wildman–Crippen MR) is 68.1 cm³/mol. The summed E-state index contributed by atoms with van der Waals surface area (Å²) in [5.74, 6) is -1.18. The van der Waals surface area contributed by atoms with Crippen molar-refractivity contribution in [3.8, 4) is 0 Å². The van der Waals surface area contributed by atoms with Crippen LogP contribution in [0.5, 0.6) is 0 Å². The number of carbonyl (C=O) groups excluding carboxylic acids is 1. The third-order valence-electron chi connectivity index (χ3n) is 3.27. The van der Waals surface area contributed by atoms with Crippen molar-refractivity contribution >= 4 is 11.8 Å². The number of carbonyl (C=O) groups is 2. The monoisotopic (exact) mass is 252 g/mol. The highest BCUT2D eigenvalue weighted by atomic mass is 16.4. The number of rotatable bonds is 7. The zero-order valence-electron chi connectivity index (χ0n) is 10.4. The number of aliphatic hydroxyl groups excluding tert-OH is 1. The third kappa shape index (κ3) is 4.11. The summed E-state index contributed by atoms with van der Waals surface area (Å²) in [6.07, 6.45) is 7.33. The Morgan fingerprint density at radius 3 is 2.78 bits per heavy atom. The molecule has 18 heavy (non-hydrogen) atoms. The topological polar surface area (TPSA) is 74.6 Å². The molecule has 0 bridgehead atoms. The number of aliphatic hydroxyl groups is 1. The number of hydrogen-bond acceptors (Lipinski definition) is 3. The molecule has 100 valence electrons. The quantitative estimate of drug-likeness (QED) is 0.536. The Labute approximate surface area is 107 Å². The Hall–Kier alpha value is -1.42. The van der Waals surface area contributed by atoms with Gasteiger partial charge in [-0.15, -0.1) is 6.58 Å². The van der Waals surface area contributed by atoms with E-state index in [1.165, 1.54) is 0 Å². The van der Waals surface area contributed by atoms with Gasteiger partial charge >= 0.3 is 5.97 Å². The molecule has 3 atom stereocenters.